The molecule has 0 bridgehead atoms. The number of nitrogens with zero attached hydrogens (tertiary/aromatic N) is 1. The van der Waals surface area contributed by atoms with Crippen LogP contribution in [0.25, 0.3) is 0 Å². The third kappa shape index (κ3) is 1.94. The van der Waals surface area contributed by atoms with Gasteiger partial charge in [0.25, 0.3) is 0 Å². The van der Waals surface area contributed by atoms with Crippen molar-refractivity contribution >= 4 is 5.69 Å². The van der Waals surface area contributed by atoms with Crippen molar-refractivity contribution in [3.8, 4) is 0 Å². The first-order valence-electron chi connectivity index (χ1n) is 6.07. The molecule has 16 heavy (non-hydrogen) atoms. The number of para-hydroxylation sites is 1. The summed E-state index contributed by atoms with van der Waals surface area (Å²) in [5.74, 6) is 0. The number of hydrogen-bond acceptors (Lipinski definition) is 2. The lowest BCUT2D eigenvalue weighted by atomic mass is 9.99. The van der Waals surface area contributed by atoms with Gasteiger partial charge < -0.3 is 10.0 Å². The van der Waals surface area contributed by atoms with Crippen LogP contribution in [0.5, 0.6) is 0 Å². The Balaban J connectivity index is 2.40. The monoisotopic (exact) mass is 219 g/mol. The first-order valence-corrected chi connectivity index (χ1v) is 6.07. The van der Waals surface area contributed by atoms with Gasteiger partial charge in [-0.15, -0.1) is 0 Å². The number of aliphatic hydroxyl groups is 1. The Hall–Kier alpha value is -1.02. The van der Waals surface area contributed by atoms with Gasteiger partial charge in [0.1, 0.15) is 0 Å². The predicted octanol–water partition coefficient (Wildman–Crippen LogP) is 3.12. The Morgan fingerprint density at radius 3 is 2.56 bits per heavy atom. The lowest BCUT2D eigenvalue weighted by Gasteiger charge is -2.35. The second kappa shape index (κ2) is 4.10. The van der Waals surface area contributed by atoms with Gasteiger partial charge in [0.15, 0.2) is 0 Å². The summed E-state index contributed by atoms with van der Waals surface area (Å²) in [4.78, 5) is 2.43. The van der Waals surface area contributed by atoms with E-state index in [4.69, 9.17) is 0 Å². The summed E-state index contributed by atoms with van der Waals surface area (Å²) in [7, 11) is 0. The van der Waals surface area contributed by atoms with E-state index in [-0.39, 0.29) is 5.54 Å². The Morgan fingerprint density at radius 1 is 1.31 bits per heavy atom. The SMILES string of the molecule is CC(O)c1ccccc1N1CCCC1(C)C. The molecule has 1 aromatic carbocycles. The molecule has 1 aliphatic heterocycles. The van der Waals surface area contributed by atoms with Crippen LogP contribution in [-0.4, -0.2) is 17.2 Å². The molecule has 0 radical (unpaired) electrons. The molecule has 2 rings (SSSR count). The van der Waals surface area contributed by atoms with Crippen molar-refractivity contribution in [3.63, 3.8) is 0 Å². The molecular formula is C14H21NO. The molecule has 1 fully saturated rings. The third-order valence-corrected chi connectivity index (χ3v) is 3.58. The fraction of sp³-hybridized carbons (Fsp3) is 0.571. The molecule has 1 N–H and O–H groups in total. The molecule has 2 nitrogen and oxygen atoms in total. The fourth-order valence-corrected chi connectivity index (χ4v) is 2.64. The van der Waals surface area contributed by atoms with Crippen LogP contribution >= 0.6 is 0 Å². The van der Waals surface area contributed by atoms with E-state index in [0.29, 0.717) is 0 Å². The Bertz CT molecular complexity index is 371. The largest absolute Gasteiger partial charge is 0.389 e. The summed E-state index contributed by atoms with van der Waals surface area (Å²) in [6.07, 6.45) is 2.06. The summed E-state index contributed by atoms with van der Waals surface area (Å²) >= 11 is 0. The minimum atomic E-state index is -0.396. The first kappa shape index (κ1) is 11.5. The van der Waals surface area contributed by atoms with Crippen LogP contribution in [0.15, 0.2) is 24.3 Å². The van der Waals surface area contributed by atoms with Crippen LogP contribution in [0.4, 0.5) is 5.69 Å². The molecule has 2 heteroatoms. The quantitative estimate of drug-likeness (QED) is 0.826. The highest BCUT2D eigenvalue weighted by Crippen LogP contribution is 2.37. The average molecular weight is 219 g/mol. The Labute approximate surface area is 97.9 Å². The van der Waals surface area contributed by atoms with Gasteiger partial charge >= 0.3 is 0 Å². The molecule has 88 valence electrons. The smallest absolute Gasteiger partial charge is 0.0781 e. The number of rotatable bonds is 2. The van der Waals surface area contributed by atoms with E-state index < -0.39 is 6.10 Å². The topological polar surface area (TPSA) is 23.5 Å². The number of hydrogen-bond donors (Lipinski definition) is 1. The molecule has 0 saturated carbocycles. The summed E-state index contributed by atoms with van der Waals surface area (Å²) in [6, 6.07) is 8.19. The van der Waals surface area contributed by atoms with Gasteiger partial charge in [0.2, 0.25) is 0 Å². The molecule has 1 aliphatic rings. The second-order valence-corrected chi connectivity index (χ2v) is 5.30. The maximum Gasteiger partial charge on any atom is 0.0781 e. The molecule has 1 unspecified atom stereocenters. The number of benzene rings is 1. The van der Waals surface area contributed by atoms with Crippen molar-refractivity contribution in [2.75, 3.05) is 11.4 Å². The van der Waals surface area contributed by atoms with Crippen LogP contribution in [0.3, 0.4) is 0 Å². The van der Waals surface area contributed by atoms with Crippen LogP contribution in [-0.2, 0) is 0 Å². The summed E-state index contributed by atoms with van der Waals surface area (Å²) in [6.45, 7) is 7.48. The zero-order chi connectivity index (χ0) is 11.8. The highest BCUT2D eigenvalue weighted by atomic mass is 16.3. The molecule has 1 atom stereocenters. The third-order valence-electron chi connectivity index (χ3n) is 3.58. The van der Waals surface area contributed by atoms with Crippen LogP contribution in [0.1, 0.15) is 45.3 Å². The van der Waals surface area contributed by atoms with Crippen molar-refractivity contribution in [1.29, 1.82) is 0 Å². The van der Waals surface area contributed by atoms with Crippen molar-refractivity contribution in [2.45, 2.75) is 45.3 Å². The first-order chi connectivity index (χ1) is 7.52. The van der Waals surface area contributed by atoms with E-state index in [9.17, 15) is 5.11 Å². The lowest BCUT2D eigenvalue weighted by molar-refractivity contribution is 0.199. The molecule has 0 aromatic heterocycles. The van der Waals surface area contributed by atoms with Crippen LogP contribution in [0, 0.1) is 0 Å². The molecule has 0 amide bonds. The second-order valence-electron chi connectivity index (χ2n) is 5.30. The molecule has 1 aromatic rings. The minimum Gasteiger partial charge on any atom is -0.389 e. The summed E-state index contributed by atoms with van der Waals surface area (Å²) in [5.41, 5.74) is 2.45. The number of anilines is 1. The molecule has 0 spiro atoms. The van der Waals surface area contributed by atoms with Gasteiger partial charge in [0.05, 0.1) is 6.10 Å². The van der Waals surface area contributed by atoms with Gasteiger partial charge in [-0.25, -0.2) is 0 Å². The minimum absolute atomic E-state index is 0.213. The molecule has 0 aliphatic carbocycles. The normalized spacial score (nSPS) is 21.1. The molecule has 1 heterocycles. The maximum absolute atomic E-state index is 9.81. The van der Waals surface area contributed by atoms with Crippen molar-refractivity contribution in [2.24, 2.45) is 0 Å². The van der Waals surface area contributed by atoms with E-state index in [0.717, 1.165) is 12.1 Å². The summed E-state index contributed by atoms with van der Waals surface area (Å²) in [5, 5.41) is 9.81. The van der Waals surface area contributed by atoms with Gasteiger partial charge in [-0.1, -0.05) is 18.2 Å². The summed E-state index contributed by atoms with van der Waals surface area (Å²) < 4.78 is 0. The van der Waals surface area contributed by atoms with Gasteiger partial charge in [0, 0.05) is 23.3 Å². The van der Waals surface area contributed by atoms with E-state index >= 15 is 0 Å². The fourth-order valence-electron chi connectivity index (χ4n) is 2.64. The lowest BCUT2D eigenvalue weighted by Crippen LogP contribution is -2.38. The van der Waals surface area contributed by atoms with E-state index in [1.807, 2.05) is 19.1 Å². The Kier molecular flexibility index (Phi) is 2.94. The zero-order valence-electron chi connectivity index (χ0n) is 10.4. The standard InChI is InChI=1S/C14H21NO/c1-11(16)12-7-4-5-8-13(12)15-10-6-9-14(15,2)3/h4-5,7-8,11,16H,6,9-10H2,1-3H3. The van der Waals surface area contributed by atoms with Crippen molar-refractivity contribution < 1.29 is 5.11 Å². The van der Waals surface area contributed by atoms with E-state index in [1.54, 1.807) is 0 Å². The zero-order valence-corrected chi connectivity index (χ0v) is 10.4. The van der Waals surface area contributed by atoms with Gasteiger partial charge in [-0.2, -0.15) is 0 Å². The van der Waals surface area contributed by atoms with Crippen LogP contribution in [0.2, 0.25) is 0 Å². The maximum atomic E-state index is 9.81. The van der Waals surface area contributed by atoms with Crippen molar-refractivity contribution in [3.05, 3.63) is 29.8 Å². The number of aliphatic hydroxyl groups excluding tert-OH is 1. The Morgan fingerprint density at radius 2 is 2.00 bits per heavy atom. The van der Waals surface area contributed by atoms with E-state index in [2.05, 4.69) is 30.9 Å². The predicted molar refractivity (Wildman–Crippen MR) is 67.7 cm³/mol. The average Bonchev–Trinajstić information content (AvgIpc) is 2.58. The van der Waals surface area contributed by atoms with Crippen LogP contribution < -0.4 is 4.90 Å². The van der Waals surface area contributed by atoms with Gasteiger partial charge in [-0.3, -0.25) is 0 Å². The highest BCUT2D eigenvalue weighted by Gasteiger charge is 2.33. The molecule has 1 saturated heterocycles. The highest BCUT2D eigenvalue weighted by molar-refractivity contribution is 5.57. The van der Waals surface area contributed by atoms with Crippen molar-refractivity contribution in [1.82, 2.24) is 0 Å². The molecular weight excluding hydrogens is 198 g/mol. The van der Waals surface area contributed by atoms with Gasteiger partial charge in [-0.05, 0) is 39.7 Å². The van der Waals surface area contributed by atoms with E-state index in [1.165, 1.54) is 18.5 Å².